The minimum atomic E-state index is -0.957. The minimum absolute atomic E-state index is 0.00639. The van der Waals surface area contributed by atoms with Gasteiger partial charge in [-0.2, -0.15) is 0 Å². The van der Waals surface area contributed by atoms with Crippen LogP contribution in [0.25, 0.3) is 0 Å². The van der Waals surface area contributed by atoms with Gasteiger partial charge in [-0.3, -0.25) is 9.59 Å². The van der Waals surface area contributed by atoms with Gasteiger partial charge in [0.1, 0.15) is 12.1 Å². The molecule has 2 rings (SSSR count). The maximum Gasteiger partial charge on any atom is 0.326 e. The average molecular weight is 310 g/mol. The lowest BCUT2D eigenvalue weighted by Crippen LogP contribution is -2.57. The molecule has 6 heteroatoms. The number of piperidine rings is 1. The zero-order valence-corrected chi connectivity index (χ0v) is 14.1. The van der Waals surface area contributed by atoms with Crippen molar-refractivity contribution in [1.82, 2.24) is 10.2 Å². The summed E-state index contributed by atoms with van der Waals surface area (Å²) in [7, 11) is 0. The Morgan fingerprint density at radius 3 is 2.23 bits per heavy atom. The Kier molecular flexibility index (Phi) is 3.78. The quantitative estimate of drug-likeness (QED) is 0.817. The van der Waals surface area contributed by atoms with Crippen LogP contribution in [0, 0.1) is 22.7 Å². The Balaban J connectivity index is 2.24. The molecule has 124 valence electrons. The lowest BCUT2D eigenvalue weighted by Gasteiger charge is -2.36. The summed E-state index contributed by atoms with van der Waals surface area (Å²) in [5, 5.41) is 12.2. The monoisotopic (exact) mass is 310 g/mol. The van der Waals surface area contributed by atoms with E-state index in [1.165, 1.54) is 11.8 Å². The number of fused-ring (bicyclic) bond motifs is 1. The number of nitrogens with one attached hydrogen (secondary N) is 1. The molecule has 2 N–H and O–H groups in total. The smallest absolute Gasteiger partial charge is 0.326 e. The summed E-state index contributed by atoms with van der Waals surface area (Å²) in [5.74, 6) is -1.30. The Bertz CT molecular complexity index is 521. The van der Waals surface area contributed by atoms with Crippen LogP contribution in [0.2, 0.25) is 0 Å². The number of carbonyl (C=O) groups is 3. The molecule has 0 aromatic heterocycles. The SMILES string of the molecule is CC(=O)N[C@H](C(=O)N1C[C@H]2[C@@H]([C@H]1C(=O)O)C2(C)C)C(C)(C)C. The summed E-state index contributed by atoms with van der Waals surface area (Å²) >= 11 is 0. The first-order valence-corrected chi connectivity index (χ1v) is 7.69. The maximum atomic E-state index is 12.9. The maximum absolute atomic E-state index is 12.9. The average Bonchev–Trinajstić information content (AvgIpc) is 2.74. The molecule has 0 aromatic carbocycles. The van der Waals surface area contributed by atoms with Crippen LogP contribution in [0.15, 0.2) is 0 Å². The first kappa shape index (κ1) is 16.8. The van der Waals surface area contributed by atoms with Gasteiger partial charge in [0.2, 0.25) is 11.8 Å². The van der Waals surface area contributed by atoms with Crippen LogP contribution in [-0.2, 0) is 14.4 Å². The fourth-order valence-corrected chi connectivity index (χ4v) is 3.81. The zero-order chi connectivity index (χ0) is 17.0. The summed E-state index contributed by atoms with van der Waals surface area (Å²) in [6.45, 7) is 11.5. The number of likely N-dealkylation sites (tertiary alicyclic amines) is 1. The molecule has 1 saturated heterocycles. The first-order chi connectivity index (χ1) is 9.89. The second kappa shape index (κ2) is 4.96. The van der Waals surface area contributed by atoms with E-state index in [-0.39, 0.29) is 29.1 Å². The second-order valence-corrected chi connectivity index (χ2v) is 8.23. The third kappa shape index (κ3) is 2.59. The standard InChI is InChI=1S/C16H26N2O4/c1-8(19)17-12(15(2,3)4)13(20)18-7-9-10(16(9,5)6)11(18)14(21)22/h9-12H,7H2,1-6H3,(H,17,19)(H,21,22)/t9-,10-,11-,12+/m0/s1. The minimum Gasteiger partial charge on any atom is -0.480 e. The fourth-order valence-electron chi connectivity index (χ4n) is 3.81. The van der Waals surface area contributed by atoms with Crippen LogP contribution in [-0.4, -0.2) is 46.4 Å². The van der Waals surface area contributed by atoms with E-state index in [4.69, 9.17) is 0 Å². The highest BCUT2D eigenvalue weighted by Crippen LogP contribution is 2.64. The van der Waals surface area contributed by atoms with Gasteiger partial charge < -0.3 is 15.3 Å². The van der Waals surface area contributed by atoms with E-state index >= 15 is 0 Å². The molecule has 0 unspecified atom stereocenters. The van der Waals surface area contributed by atoms with Gasteiger partial charge in [0.05, 0.1) is 0 Å². The van der Waals surface area contributed by atoms with Gasteiger partial charge in [0.25, 0.3) is 0 Å². The van der Waals surface area contributed by atoms with Crippen LogP contribution in [0.3, 0.4) is 0 Å². The van der Waals surface area contributed by atoms with E-state index in [1.807, 2.05) is 20.8 Å². The highest BCUT2D eigenvalue weighted by molar-refractivity contribution is 5.91. The van der Waals surface area contributed by atoms with E-state index in [1.54, 1.807) is 0 Å². The third-order valence-electron chi connectivity index (χ3n) is 5.21. The predicted octanol–water partition coefficient (Wildman–Crippen LogP) is 1.10. The van der Waals surface area contributed by atoms with Crippen LogP contribution >= 0.6 is 0 Å². The molecule has 0 bridgehead atoms. The number of aliphatic carboxylic acids is 1. The molecule has 1 aliphatic heterocycles. The van der Waals surface area contributed by atoms with Gasteiger partial charge in [-0.25, -0.2) is 4.79 Å². The summed E-state index contributed by atoms with van der Waals surface area (Å²) in [6.07, 6.45) is 0. The number of rotatable bonds is 3. The highest BCUT2D eigenvalue weighted by atomic mass is 16.4. The third-order valence-corrected chi connectivity index (χ3v) is 5.21. The largest absolute Gasteiger partial charge is 0.480 e. The molecule has 22 heavy (non-hydrogen) atoms. The molecule has 1 aliphatic carbocycles. The van der Waals surface area contributed by atoms with Crippen molar-refractivity contribution in [3.63, 3.8) is 0 Å². The number of carbonyl (C=O) groups excluding carboxylic acids is 2. The molecule has 6 nitrogen and oxygen atoms in total. The van der Waals surface area contributed by atoms with Gasteiger partial charge >= 0.3 is 5.97 Å². The molecule has 1 saturated carbocycles. The lowest BCUT2D eigenvalue weighted by molar-refractivity contribution is -0.152. The molecule has 4 atom stereocenters. The summed E-state index contributed by atoms with van der Waals surface area (Å²) in [6, 6.07) is -1.50. The van der Waals surface area contributed by atoms with Crippen LogP contribution in [0.1, 0.15) is 41.5 Å². The summed E-state index contributed by atoms with van der Waals surface area (Å²) in [5.41, 5.74) is -0.501. The molecule has 0 spiro atoms. The normalized spacial score (nSPS) is 30.5. The van der Waals surface area contributed by atoms with Crippen molar-refractivity contribution < 1.29 is 19.5 Å². The zero-order valence-electron chi connectivity index (χ0n) is 14.1. The van der Waals surface area contributed by atoms with E-state index in [0.717, 1.165) is 0 Å². The molecule has 0 aromatic rings. The Labute approximate surface area is 131 Å². The Hall–Kier alpha value is -1.59. The molecule has 2 fully saturated rings. The number of hydrogen-bond donors (Lipinski definition) is 2. The van der Waals surface area contributed by atoms with E-state index < -0.39 is 23.5 Å². The number of hydrogen-bond acceptors (Lipinski definition) is 3. The van der Waals surface area contributed by atoms with Gasteiger partial charge in [-0.1, -0.05) is 34.6 Å². The predicted molar refractivity (Wildman–Crippen MR) is 81.0 cm³/mol. The number of carboxylic acid groups (broad SMARTS) is 1. The van der Waals surface area contributed by atoms with Crippen LogP contribution in [0.5, 0.6) is 0 Å². The topological polar surface area (TPSA) is 86.7 Å². The molecule has 0 radical (unpaired) electrons. The van der Waals surface area contributed by atoms with E-state index in [9.17, 15) is 19.5 Å². The van der Waals surface area contributed by atoms with Gasteiger partial charge in [-0.05, 0) is 16.7 Å². The number of amides is 2. The van der Waals surface area contributed by atoms with Crippen LogP contribution in [0.4, 0.5) is 0 Å². The van der Waals surface area contributed by atoms with Gasteiger partial charge in [-0.15, -0.1) is 0 Å². The number of carboxylic acids is 1. The van der Waals surface area contributed by atoms with Gasteiger partial charge in [0, 0.05) is 19.4 Å². The molecule has 2 aliphatic rings. The summed E-state index contributed by atoms with van der Waals surface area (Å²) < 4.78 is 0. The van der Waals surface area contributed by atoms with Crippen molar-refractivity contribution in [2.75, 3.05) is 6.54 Å². The van der Waals surface area contributed by atoms with E-state index in [0.29, 0.717) is 6.54 Å². The van der Waals surface area contributed by atoms with Crippen LogP contribution < -0.4 is 5.32 Å². The first-order valence-electron chi connectivity index (χ1n) is 7.69. The van der Waals surface area contributed by atoms with Crippen molar-refractivity contribution in [2.45, 2.75) is 53.6 Å². The van der Waals surface area contributed by atoms with Crippen molar-refractivity contribution in [3.8, 4) is 0 Å². The number of nitrogens with zero attached hydrogens (tertiary/aromatic N) is 1. The van der Waals surface area contributed by atoms with E-state index in [2.05, 4.69) is 19.2 Å². The lowest BCUT2D eigenvalue weighted by atomic mass is 9.85. The van der Waals surface area contributed by atoms with Gasteiger partial charge in [0.15, 0.2) is 0 Å². The van der Waals surface area contributed by atoms with Crippen molar-refractivity contribution in [3.05, 3.63) is 0 Å². The molecule has 1 heterocycles. The van der Waals surface area contributed by atoms with Crippen molar-refractivity contribution in [1.29, 1.82) is 0 Å². The summed E-state index contributed by atoms with van der Waals surface area (Å²) in [4.78, 5) is 37.4. The molecule has 2 amide bonds. The van der Waals surface area contributed by atoms with Crippen molar-refractivity contribution >= 4 is 17.8 Å². The molecular formula is C16H26N2O4. The fraction of sp³-hybridized carbons (Fsp3) is 0.812. The Morgan fingerprint density at radius 2 is 1.82 bits per heavy atom. The highest BCUT2D eigenvalue weighted by Gasteiger charge is 2.70. The Morgan fingerprint density at radius 1 is 1.27 bits per heavy atom. The molecular weight excluding hydrogens is 284 g/mol. The second-order valence-electron chi connectivity index (χ2n) is 8.23. The van der Waals surface area contributed by atoms with Crippen molar-refractivity contribution in [2.24, 2.45) is 22.7 Å².